The number of nitrogens with zero attached hydrogens (tertiary/aromatic N) is 3. The van der Waals surface area contributed by atoms with E-state index in [2.05, 4.69) is 15.2 Å². The van der Waals surface area contributed by atoms with Gasteiger partial charge >= 0.3 is 0 Å². The van der Waals surface area contributed by atoms with Crippen molar-refractivity contribution >= 4 is 27.4 Å². The van der Waals surface area contributed by atoms with E-state index < -0.39 is 0 Å². The van der Waals surface area contributed by atoms with Crippen LogP contribution in [0.1, 0.15) is 0 Å². The number of fused-ring (bicyclic) bond motifs is 1. The minimum Gasteiger partial charge on any atom is -0.508 e. The molecule has 1 N–H and O–H groups in total. The Morgan fingerprint density at radius 2 is 1.96 bits per heavy atom. The lowest BCUT2D eigenvalue weighted by atomic mass is 10.1. The number of aromatic hydroxyl groups is 1. The van der Waals surface area contributed by atoms with Gasteiger partial charge in [0, 0.05) is 17.0 Å². The van der Waals surface area contributed by atoms with Gasteiger partial charge < -0.3 is 14.3 Å². The summed E-state index contributed by atoms with van der Waals surface area (Å²) >= 11 is 1.34. The quantitative estimate of drug-likeness (QED) is 0.605. The van der Waals surface area contributed by atoms with Gasteiger partial charge in [0.2, 0.25) is 5.13 Å². The maximum Gasteiger partial charge on any atom is 0.231 e. The second kappa shape index (κ2) is 6.37. The highest BCUT2D eigenvalue weighted by molar-refractivity contribution is 7.13. The summed E-state index contributed by atoms with van der Waals surface area (Å²) in [4.78, 5) is 4.54. The van der Waals surface area contributed by atoms with E-state index in [9.17, 15) is 5.11 Å². The maximum absolute atomic E-state index is 9.80. The minimum absolute atomic E-state index is 0.147. The van der Waals surface area contributed by atoms with Crippen molar-refractivity contribution in [2.75, 3.05) is 7.11 Å². The van der Waals surface area contributed by atoms with Crippen molar-refractivity contribution in [3.63, 3.8) is 0 Å². The summed E-state index contributed by atoms with van der Waals surface area (Å²) < 4.78 is 11.2. The van der Waals surface area contributed by atoms with Gasteiger partial charge in [-0.3, -0.25) is 0 Å². The van der Waals surface area contributed by atoms with Crippen molar-refractivity contribution in [3.05, 3.63) is 59.4 Å². The normalized spacial score (nSPS) is 11.8. The van der Waals surface area contributed by atoms with E-state index in [1.165, 1.54) is 11.3 Å². The highest BCUT2D eigenvalue weighted by Crippen LogP contribution is 2.26. The highest BCUT2D eigenvalue weighted by Gasteiger charge is 2.08. The molecule has 2 aromatic carbocycles. The first-order valence-electron chi connectivity index (χ1n) is 7.45. The molecule has 0 aliphatic heterocycles. The summed E-state index contributed by atoms with van der Waals surface area (Å²) in [6, 6.07) is 14.3. The monoisotopic (exact) mass is 351 g/mol. The summed E-state index contributed by atoms with van der Waals surface area (Å²) in [5.41, 5.74) is 3.13. The largest absolute Gasteiger partial charge is 0.508 e. The fourth-order valence-electron chi connectivity index (χ4n) is 2.47. The zero-order valence-corrected chi connectivity index (χ0v) is 14.0. The lowest BCUT2D eigenvalue weighted by Crippen LogP contribution is -2.03. The fraction of sp³-hybridized carbons (Fsp3) is 0.0556. The van der Waals surface area contributed by atoms with Crippen LogP contribution in [0.2, 0.25) is 0 Å². The molecule has 4 rings (SSSR count). The molecule has 0 unspecified atom stereocenters. The van der Waals surface area contributed by atoms with Crippen LogP contribution in [0.25, 0.3) is 22.3 Å². The molecule has 4 aromatic rings. The second-order valence-corrected chi connectivity index (χ2v) is 6.05. The van der Waals surface area contributed by atoms with Gasteiger partial charge in [0.25, 0.3) is 0 Å². The molecule has 7 heteroatoms. The third-order valence-corrected chi connectivity index (χ3v) is 4.25. The second-order valence-electron chi connectivity index (χ2n) is 5.24. The Balaban J connectivity index is 1.96. The van der Waals surface area contributed by atoms with E-state index in [4.69, 9.17) is 9.15 Å². The topological polar surface area (TPSA) is 80.7 Å². The van der Waals surface area contributed by atoms with Crippen LogP contribution in [-0.4, -0.2) is 22.4 Å². The molecule has 25 heavy (non-hydrogen) atoms. The molecule has 0 bridgehead atoms. The first-order chi connectivity index (χ1) is 12.2. The lowest BCUT2D eigenvalue weighted by molar-refractivity contribution is 0.415. The molecule has 6 nitrogen and oxygen atoms in total. The molecule has 2 heterocycles. The molecule has 0 aliphatic carbocycles. The number of rotatable bonds is 3. The fourth-order valence-corrected chi connectivity index (χ4v) is 2.90. The first kappa shape index (κ1) is 15.3. The molecule has 0 amide bonds. The van der Waals surface area contributed by atoms with Crippen LogP contribution < -0.4 is 10.1 Å². The van der Waals surface area contributed by atoms with Crippen molar-refractivity contribution in [1.82, 2.24) is 10.2 Å². The third kappa shape index (κ3) is 3.09. The van der Waals surface area contributed by atoms with Crippen LogP contribution in [-0.2, 0) is 0 Å². The van der Waals surface area contributed by atoms with Crippen LogP contribution in [0.5, 0.6) is 11.5 Å². The molecule has 0 radical (unpaired) electrons. The summed E-state index contributed by atoms with van der Waals surface area (Å²) in [5.74, 6) is 1.57. The number of phenols is 1. The molecule has 0 atom stereocenters. The van der Waals surface area contributed by atoms with E-state index in [1.807, 2.05) is 30.3 Å². The Labute approximate surface area is 146 Å². The Bertz CT molecular complexity index is 1090. The average Bonchev–Trinajstić information content (AvgIpc) is 3.15. The number of aromatic nitrogens is 2. The maximum atomic E-state index is 9.80. The number of methoxy groups -OCH3 is 1. The molecule has 0 saturated heterocycles. The van der Waals surface area contributed by atoms with Crippen molar-refractivity contribution < 1.29 is 14.3 Å². The van der Waals surface area contributed by atoms with Gasteiger partial charge in [-0.2, -0.15) is 0 Å². The average molecular weight is 351 g/mol. The summed E-state index contributed by atoms with van der Waals surface area (Å²) in [6.07, 6.45) is 0. The van der Waals surface area contributed by atoms with Crippen LogP contribution in [0, 0.1) is 0 Å². The highest BCUT2D eigenvalue weighted by atomic mass is 32.1. The summed E-state index contributed by atoms with van der Waals surface area (Å²) in [5, 5.41) is 19.5. The molecule has 0 saturated carbocycles. The number of hydrogen-bond donors (Lipinski definition) is 1. The van der Waals surface area contributed by atoms with Crippen molar-refractivity contribution in [1.29, 1.82) is 0 Å². The van der Waals surface area contributed by atoms with Crippen LogP contribution in [0.3, 0.4) is 0 Å². The van der Waals surface area contributed by atoms with E-state index in [-0.39, 0.29) is 5.75 Å². The Kier molecular flexibility index (Phi) is 3.91. The van der Waals surface area contributed by atoms with Gasteiger partial charge in [-0.15, -0.1) is 10.2 Å². The molecule has 0 spiro atoms. The number of ether oxygens (including phenoxy) is 1. The molecule has 0 aliphatic rings. The SMILES string of the molecule is COc1ccc(-c2cc(=Nc3nncs3)c3cc(O)ccc3o2)cc1. The van der Waals surface area contributed by atoms with Crippen molar-refractivity contribution in [3.8, 4) is 22.8 Å². The summed E-state index contributed by atoms with van der Waals surface area (Å²) in [7, 11) is 1.63. The van der Waals surface area contributed by atoms with Crippen LogP contribution in [0.15, 0.2) is 63.5 Å². The van der Waals surface area contributed by atoms with E-state index in [1.54, 1.807) is 30.8 Å². The Hall–Kier alpha value is -3.19. The molecular weight excluding hydrogens is 338 g/mol. The Morgan fingerprint density at radius 3 is 2.68 bits per heavy atom. The van der Waals surface area contributed by atoms with Gasteiger partial charge in [-0.05, 0) is 42.5 Å². The minimum atomic E-state index is 0.147. The number of hydrogen-bond acceptors (Lipinski definition) is 7. The van der Waals surface area contributed by atoms with E-state index in [0.29, 0.717) is 27.2 Å². The smallest absolute Gasteiger partial charge is 0.231 e. The summed E-state index contributed by atoms with van der Waals surface area (Å²) in [6.45, 7) is 0. The zero-order chi connectivity index (χ0) is 17.2. The van der Waals surface area contributed by atoms with Gasteiger partial charge in [0.1, 0.15) is 28.4 Å². The van der Waals surface area contributed by atoms with Crippen molar-refractivity contribution in [2.45, 2.75) is 0 Å². The van der Waals surface area contributed by atoms with E-state index in [0.717, 1.165) is 11.3 Å². The van der Waals surface area contributed by atoms with Crippen LogP contribution >= 0.6 is 11.3 Å². The molecular formula is C18H13N3O3S. The first-order valence-corrected chi connectivity index (χ1v) is 8.33. The van der Waals surface area contributed by atoms with Gasteiger partial charge in [-0.25, -0.2) is 4.99 Å². The third-order valence-electron chi connectivity index (χ3n) is 3.67. The molecule has 0 fully saturated rings. The standard InChI is InChI=1S/C18H13N3O3S/c1-23-13-5-2-11(3-6-13)17-9-15(20-18-21-19-10-25-18)14-8-12(22)4-7-16(14)24-17/h2-10,22H,1H3. The van der Waals surface area contributed by atoms with Gasteiger partial charge in [0.05, 0.1) is 12.5 Å². The lowest BCUT2D eigenvalue weighted by Gasteiger charge is -2.06. The van der Waals surface area contributed by atoms with E-state index >= 15 is 0 Å². The van der Waals surface area contributed by atoms with Crippen molar-refractivity contribution in [2.24, 2.45) is 4.99 Å². The predicted octanol–water partition coefficient (Wildman–Crippen LogP) is 3.90. The number of benzene rings is 2. The van der Waals surface area contributed by atoms with Crippen LogP contribution in [0.4, 0.5) is 5.13 Å². The predicted molar refractivity (Wildman–Crippen MR) is 95.0 cm³/mol. The van der Waals surface area contributed by atoms with Gasteiger partial charge in [0.15, 0.2) is 0 Å². The molecule has 2 aromatic heterocycles. The van der Waals surface area contributed by atoms with Gasteiger partial charge in [-0.1, -0.05) is 11.3 Å². The zero-order valence-electron chi connectivity index (χ0n) is 13.2. The Morgan fingerprint density at radius 1 is 1.12 bits per heavy atom. The number of phenolic OH excluding ortho intramolecular Hbond substituents is 1. The molecule has 124 valence electrons.